The summed E-state index contributed by atoms with van der Waals surface area (Å²) in [7, 11) is 3.19. The third-order valence-electron chi connectivity index (χ3n) is 3.55. The van der Waals surface area contributed by atoms with Gasteiger partial charge in [0.25, 0.3) is 5.91 Å². The molecular weight excluding hydrogens is 278 g/mol. The number of benzene rings is 2. The van der Waals surface area contributed by atoms with Crippen molar-refractivity contribution >= 4 is 11.6 Å². The third kappa shape index (κ3) is 3.93. The average Bonchev–Trinajstić information content (AvgIpc) is 2.56. The summed E-state index contributed by atoms with van der Waals surface area (Å²) in [5, 5.41) is 2.89. The quantitative estimate of drug-likeness (QED) is 0.884. The Labute approximate surface area is 131 Å². The molecule has 0 aliphatic rings. The fraction of sp³-hybridized carbons (Fsp3) is 0.278. The van der Waals surface area contributed by atoms with Crippen molar-refractivity contribution in [3.8, 4) is 0 Å². The summed E-state index contributed by atoms with van der Waals surface area (Å²) in [5.74, 6) is -0.198. The zero-order valence-corrected chi connectivity index (χ0v) is 13.1. The molecule has 2 aromatic carbocycles. The number of carbonyl (C=O) groups is 1. The molecule has 0 bridgehead atoms. The van der Waals surface area contributed by atoms with Gasteiger partial charge in [-0.3, -0.25) is 4.79 Å². The van der Waals surface area contributed by atoms with Crippen LogP contribution >= 0.6 is 0 Å². The third-order valence-corrected chi connectivity index (χ3v) is 3.55. The molecule has 0 aromatic heterocycles. The monoisotopic (exact) mass is 299 g/mol. The molecule has 2 rings (SSSR count). The van der Waals surface area contributed by atoms with Gasteiger partial charge in [0.05, 0.1) is 6.10 Å². The topological polar surface area (TPSA) is 47.6 Å². The second-order valence-corrected chi connectivity index (χ2v) is 5.02. The van der Waals surface area contributed by atoms with Crippen LogP contribution in [0.25, 0.3) is 0 Å². The maximum atomic E-state index is 12.4. The maximum Gasteiger partial charge on any atom is 0.258 e. The Morgan fingerprint density at radius 1 is 0.955 bits per heavy atom. The fourth-order valence-electron chi connectivity index (χ4n) is 2.24. The van der Waals surface area contributed by atoms with E-state index in [4.69, 9.17) is 9.47 Å². The summed E-state index contributed by atoms with van der Waals surface area (Å²) in [5.41, 5.74) is 2.56. The molecule has 2 atom stereocenters. The molecule has 1 amide bonds. The molecule has 4 heteroatoms. The minimum absolute atomic E-state index is 0.0239. The molecule has 22 heavy (non-hydrogen) atoms. The Morgan fingerprint density at radius 3 is 2.27 bits per heavy atom. The van der Waals surface area contributed by atoms with Crippen molar-refractivity contribution in [2.45, 2.75) is 19.1 Å². The largest absolute Gasteiger partial charge is 0.377 e. The van der Waals surface area contributed by atoms with E-state index in [0.717, 1.165) is 16.8 Å². The van der Waals surface area contributed by atoms with E-state index in [9.17, 15) is 4.79 Å². The lowest BCUT2D eigenvalue weighted by Gasteiger charge is -2.17. The lowest BCUT2D eigenvalue weighted by Crippen LogP contribution is -2.22. The van der Waals surface area contributed by atoms with Crippen LogP contribution in [0.4, 0.5) is 5.69 Å². The van der Waals surface area contributed by atoms with Crippen LogP contribution in [-0.4, -0.2) is 20.1 Å². The summed E-state index contributed by atoms with van der Waals surface area (Å²) in [6, 6.07) is 17.0. The van der Waals surface area contributed by atoms with Crippen molar-refractivity contribution in [2.24, 2.45) is 0 Å². The van der Waals surface area contributed by atoms with Crippen molar-refractivity contribution in [3.63, 3.8) is 0 Å². The van der Waals surface area contributed by atoms with Gasteiger partial charge in [-0.1, -0.05) is 42.5 Å². The normalized spacial score (nSPS) is 13.4. The Balaban J connectivity index is 2.14. The number of ether oxygens (including phenoxy) is 2. The van der Waals surface area contributed by atoms with Crippen LogP contribution in [0.2, 0.25) is 0 Å². The van der Waals surface area contributed by atoms with Gasteiger partial charge in [-0.2, -0.15) is 0 Å². The van der Waals surface area contributed by atoms with Crippen molar-refractivity contribution in [2.75, 3.05) is 19.5 Å². The smallest absolute Gasteiger partial charge is 0.258 e. The van der Waals surface area contributed by atoms with E-state index < -0.39 is 6.10 Å². The molecule has 0 unspecified atom stereocenters. The first-order valence-corrected chi connectivity index (χ1v) is 7.17. The number of carbonyl (C=O) groups excluding carboxylic acids is 1. The van der Waals surface area contributed by atoms with Crippen LogP contribution in [0.5, 0.6) is 0 Å². The Kier molecular flexibility index (Phi) is 5.69. The van der Waals surface area contributed by atoms with Crippen molar-refractivity contribution in [1.29, 1.82) is 0 Å². The first-order valence-electron chi connectivity index (χ1n) is 7.17. The van der Waals surface area contributed by atoms with E-state index in [1.165, 1.54) is 7.11 Å². The van der Waals surface area contributed by atoms with E-state index >= 15 is 0 Å². The molecular formula is C18H21NO3. The van der Waals surface area contributed by atoms with Crippen LogP contribution in [0.1, 0.15) is 30.3 Å². The molecule has 2 aromatic rings. The minimum Gasteiger partial charge on any atom is -0.377 e. The highest BCUT2D eigenvalue weighted by Crippen LogP contribution is 2.22. The van der Waals surface area contributed by atoms with E-state index in [1.807, 2.05) is 61.5 Å². The van der Waals surface area contributed by atoms with Crippen molar-refractivity contribution in [3.05, 3.63) is 65.7 Å². The van der Waals surface area contributed by atoms with Crippen LogP contribution in [0, 0.1) is 0 Å². The molecule has 0 aliphatic heterocycles. The lowest BCUT2D eigenvalue weighted by molar-refractivity contribution is -0.126. The van der Waals surface area contributed by atoms with Gasteiger partial charge in [-0.15, -0.1) is 0 Å². The van der Waals surface area contributed by atoms with Gasteiger partial charge < -0.3 is 14.8 Å². The van der Waals surface area contributed by atoms with Crippen LogP contribution in [-0.2, 0) is 14.3 Å². The highest BCUT2D eigenvalue weighted by atomic mass is 16.5. The second kappa shape index (κ2) is 7.73. The molecule has 1 N–H and O–H groups in total. The highest BCUT2D eigenvalue weighted by molar-refractivity contribution is 5.94. The van der Waals surface area contributed by atoms with Crippen LogP contribution in [0.3, 0.4) is 0 Å². The van der Waals surface area contributed by atoms with Gasteiger partial charge in [0.1, 0.15) is 0 Å². The first kappa shape index (κ1) is 16.2. The number of methoxy groups -OCH3 is 2. The van der Waals surface area contributed by atoms with E-state index in [0.29, 0.717) is 0 Å². The SMILES string of the molecule is CO[C@H](C(=O)Nc1cccc([C@@H](C)OC)c1)c1ccccc1. The number of anilines is 1. The highest BCUT2D eigenvalue weighted by Gasteiger charge is 2.20. The van der Waals surface area contributed by atoms with E-state index in [2.05, 4.69) is 5.32 Å². The molecule has 0 aliphatic carbocycles. The first-order chi connectivity index (χ1) is 10.7. The Morgan fingerprint density at radius 2 is 1.64 bits per heavy atom. The van der Waals surface area contributed by atoms with Gasteiger partial charge >= 0.3 is 0 Å². The number of amides is 1. The molecule has 0 spiro atoms. The molecule has 0 saturated carbocycles. The van der Waals surface area contributed by atoms with Gasteiger partial charge in [0.2, 0.25) is 0 Å². The van der Waals surface area contributed by atoms with Gasteiger partial charge in [0.15, 0.2) is 6.10 Å². The summed E-state index contributed by atoms with van der Waals surface area (Å²) in [6.45, 7) is 1.96. The van der Waals surface area contributed by atoms with E-state index in [1.54, 1.807) is 7.11 Å². The minimum atomic E-state index is -0.635. The summed E-state index contributed by atoms with van der Waals surface area (Å²) < 4.78 is 10.6. The molecule has 4 nitrogen and oxygen atoms in total. The fourth-order valence-corrected chi connectivity index (χ4v) is 2.24. The maximum absolute atomic E-state index is 12.4. The van der Waals surface area contributed by atoms with Crippen LogP contribution in [0.15, 0.2) is 54.6 Å². The standard InChI is InChI=1S/C18H21NO3/c1-13(21-2)15-10-7-11-16(12-15)19-18(20)17(22-3)14-8-5-4-6-9-14/h4-13,17H,1-3H3,(H,19,20)/t13-,17+/m1/s1. The predicted octanol–water partition coefficient (Wildman–Crippen LogP) is 3.72. The van der Waals surface area contributed by atoms with Gasteiger partial charge in [-0.05, 0) is 30.2 Å². The second-order valence-electron chi connectivity index (χ2n) is 5.02. The number of hydrogen-bond acceptors (Lipinski definition) is 3. The Hall–Kier alpha value is -2.17. The molecule has 0 heterocycles. The molecule has 0 fully saturated rings. The molecule has 0 radical (unpaired) electrons. The van der Waals surface area contributed by atoms with Crippen molar-refractivity contribution < 1.29 is 14.3 Å². The zero-order valence-electron chi connectivity index (χ0n) is 13.1. The van der Waals surface area contributed by atoms with Gasteiger partial charge in [-0.25, -0.2) is 0 Å². The summed E-state index contributed by atoms with van der Waals surface area (Å²) in [4.78, 5) is 12.4. The lowest BCUT2D eigenvalue weighted by atomic mass is 10.1. The molecule has 0 saturated heterocycles. The number of rotatable bonds is 6. The van der Waals surface area contributed by atoms with Crippen molar-refractivity contribution in [1.82, 2.24) is 0 Å². The number of hydrogen-bond donors (Lipinski definition) is 1. The zero-order chi connectivity index (χ0) is 15.9. The summed E-state index contributed by atoms with van der Waals surface area (Å²) >= 11 is 0. The van der Waals surface area contributed by atoms with E-state index in [-0.39, 0.29) is 12.0 Å². The van der Waals surface area contributed by atoms with Crippen LogP contribution < -0.4 is 5.32 Å². The predicted molar refractivity (Wildman–Crippen MR) is 86.7 cm³/mol. The average molecular weight is 299 g/mol. The molecule has 116 valence electrons. The van der Waals surface area contributed by atoms with Gasteiger partial charge in [0, 0.05) is 19.9 Å². The Bertz CT molecular complexity index is 613. The number of nitrogens with one attached hydrogen (secondary N) is 1. The summed E-state index contributed by atoms with van der Waals surface area (Å²) in [6.07, 6.45) is -0.658.